The van der Waals surface area contributed by atoms with Gasteiger partial charge in [-0.15, -0.1) is 0 Å². The van der Waals surface area contributed by atoms with E-state index in [4.69, 9.17) is 9.47 Å². The maximum Gasteiger partial charge on any atom is 0.161 e. The number of para-hydroxylation sites is 3. The first kappa shape index (κ1) is 44.2. The maximum absolute atomic E-state index is 5.30. The molecule has 1 aliphatic heterocycles. The molecule has 2 heterocycles. The highest BCUT2D eigenvalue weighted by Gasteiger charge is 2.08. The van der Waals surface area contributed by atoms with Gasteiger partial charge in [-0.05, 0) is 66.3 Å². The summed E-state index contributed by atoms with van der Waals surface area (Å²) < 4.78 is 10.6. The largest absolute Gasteiger partial charge is 0.486 e. The van der Waals surface area contributed by atoms with Gasteiger partial charge in [-0.3, -0.25) is 5.10 Å². The van der Waals surface area contributed by atoms with Gasteiger partial charge in [0, 0.05) is 5.39 Å². The summed E-state index contributed by atoms with van der Waals surface area (Å²) >= 11 is 0. The third-order valence-electron chi connectivity index (χ3n) is 4.81. The van der Waals surface area contributed by atoms with E-state index in [1.807, 2.05) is 54.7 Å². The molecular weight excluding hydrogens is 528 g/mol. The molecule has 0 fully saturated rings. The molecule has 0 atom stereocenters. The number of ether oxygens (including phenoxy) is 2. The normalized spacial score (nSPS) is 11.3. The number of hydrogen-bond donors (Lipinski definition) is 1. The van der Waals surface area contributed by atoms with Crippen molar-refractivity contribution < 1.29 is 9.47 Å². The van der Waals surface area contributed by atoms with Crippen LogP contribution in [0.5, 0.6) is 11.5 Å². The Morgan fingerprint density at radius 3 is 1.35 bits per heavy atom. The van der Waals surface area contributed by atoms with Crippen molar-refractivity contribution in [2.75, 3.05) is 13.2 Å². The molecule has 1 aliphatic carbocycles. The first-order valence-corrected chi connectivity index (χ1v) is 14.9. The molecule has 4 heteroatoms. The van der Waals surface area contributed by atoms with Gasteiger partial charge in [0.1, 0.15) is 13.2 Å². The summed E-state index contributed by atoms with van der Waals surface area (Å²) in [6.45, 7) is 20.8. The molecule has 1 aromatic heterocycles. The number of aryl methyl sites for hydroxylation is 2. The third kappa shape index (κ3) is 22.0. The molecule has 2 aliphatic rings. The van der Waals surface area contributed by atoms with Gasteiger partial charge in [0.05, 0.1) is 11.7 Å². The summed E-state index contributed by atoms with van der Waals surface area (Å²) in [6, 6.07) is 24.4. The second-order valence-corrected chi connectivity index (χ2v) is 11.9. The summed E-state index contributed by atoms with van der Waals surface area (Å²) in [4.78, 5) is 0. The van der Waals surface area contributed by atoms with Crippen molar-refractivity contribution in [3.05, 3.63) is 90.1 Å². The average molecular weight is 595 g/mol. The van der Waals surface area contributed by atoms with E-state index >= 15 is 0 Å². The van der Waals surface area contributed by atoms with Crippen LogP contribution in [0.1, 0.15) is 102 Å². The second kappa shape index (κ2) is 26.4. The Morgan fingerprint density at radius 1 is 0.558 bits per heavy atom. The van der Waals surface area contributed by atoms with Crippen molar-refractivity contribution in [3.63, 3.8) is 0 Å². The number of aromatic amines is 1. The molecule has 0 bridgehead atoms. The van der Waals surface area contributed by atoms with Crippen molar-refractivity contribution >= 4 is 10.9 Å². The minimum absolute atomic E-state index is 0. The number of rotatable bonds is 0. The highest BCUT2D eigenvalue weighted by atomic mass is 16.6. The van der Waals surface area contributed by atoms with E-state index in [2.05, 4.69) is 96.8 Å². The predicted molar refractivity (Wildman–Crippen MR) is 194 cm³/mol. The van der Waals surface area contributed by atoms with Crippen LogP contribution in [-0.2, 0) is 12.8 Å². The molecule has 0 spiro atoms. The highest BCUT2D eigenvalue weighted by molar-refractivity contribution is 5.77. The zero-order valence-electron chi connectivity index (χ0n) is 26.5. The number of aromatic nitrogens is 2. The molecule has 0 saturated heterocycles. The van der Waals surface area contributed by atoms with E-state index in [1.54, 1.807) is 11.1 Å². The lowest BCUT2D eigenvalue weighted by molar-refractivity contribution is 0.171. The maximum atomic E-state index is 5.30. The Morgan fingerprint density at radius 2 is 0.930 bits per heavy atom. The van der Waals surface area contributed by atoms with E-state index in [0.717, 1.165) is 40.2 Å². The van der Waals surface area contributed by atoms with Crippen molar-refractivity contribution in [1.82, 2.24) is 10.2 Å². The van der Waals surface area contributed by atoms with Gasteiger partial charge in [-0.1, -0.05) is 139 Å². The van der Waals surface area contributed by atoms with Crippen molar-refractivity contribution in [3.8, 4) is 11.5 Å². The van der Waals surface area contributed by atoms with Crippen molar-refractivity contribution in [2.24, 2.45) is 17.8 Å². The first-order valence-electron chi connectivity index (χ1n) is 14.9. The minimum Gasteiger partial charge on any atom is -0.486 e. The van der Waals surface area contributed by atoms with Crippen LogP contribution in [0.3, 0.4) is 0 Å². The van der Waals surface area contributed by atoms with Crippen LogP contribution in [0, 0.1) is 17.8 Å². The fraction of sp³-hybridized carbons (Fsp3) is 0.513. The molecule has 244 valence electrons. The van der Waals surface area contributed by atoms with Crippen molar-refractivity contribution in [1.29, 1.82) is 0 Å². The molecule has 3 aromatic carbocycles. The molecule has 4 aromatic rings. The topological polar surface area (TPSA) is 47.1 Å². The minimum atomic E-state index is 0. The lowest BCUT2D eigenvalue weighted by atomic mass is 10.1. The lowest BCUT2D eigenvalue weighted by Gasteiger charge is -2.17. The molecule has 43 heavy (non-hydrogen) atoms. The van der Waals surface area contributed by atoms with Gasteiger partial charge in [0.15, 0.2) is 11.5 Å². The monoisotopic (exact) mass is 595 g/mol. The predicted octanol–water partition coefficient (Wildman–Crippen LogP) is 12.1. The van der Waals surface area contributed by atoms with E-state index in [1.165, 1.54) is 19.3 Å². The van der Waals surface area contributed by atoms with Gasteiger partial charge in [0.25, 0.3) is 0 Å². The van der Waals surface area contributed by atoms with Gasteiger partial charge in [-0.2, -0.15) is 5.10 Å². The van der Waals surface area contributed by atoms with Gasteiger partial charge in [-0.25, -0.2) is 0 Å². The number of benzene rings is 3. The zero-order chi connectivity index (χ0) is 29.8. The number of fused-ring (bicyclic) bond motifs is 3. The Balaban J connectivity index is -0.000000461. The zero-order valence-corrected chi connectivity index (χ0v) is 26.5. The van der Waals surface area contributed by atoms with Crippen LogP contribution < -0.4 is 9.47 Å². The molecule has 1 N–H and O–H groups in total. The van der Waals surface area contributed by atoms with E-state index in [9.17, 15) is 0 Å². The van der Waals surface area contributed by atoms with Crippen LogP contribution in [0.2, 0.25) is 0 Å². The van der Waals surface area contributed by atoms with Gasteiger partial charge in [0.2, 0.25) is 0 Å². The van der Waals surface area contributed by atoms with Crippen molar-refractivity contribution in [2.45, 2.75) is 104 Å². The van der Waals surface area contributed by atoms with Crippen LogP contribution >= 0.6 is 0 Å². The summed E-state index contributed by atoms with van der Waals surface area (Å²) in [7, 11) is 0. The Kier molecular flexibility index (Phi) is 27.1. The number of nitrogens with zero attached hydrogens (tertiary/aromatic N) is 1. The van der Waals surface area contributed by atoms with Crippen LogP contribution in [0.15, 0.2) is 79.0 Å². The Labute approximate surface area is 266 Å². The second-order valence-electron chi connectivity index (χ2n) is 11.9. The van der Waals surface area contributed by atoms with Gasteiger partial charge < -0.3 is 9.47 Å². The van der Waals surface area contributed by atoms with Crippen LogP contribution in [0.25, 0.3) is 10.9 Å². The Bertz CT molecular complexity index is 1060. The number of nitrogens with one attached hydrogen (secondary N) is 1. The summed E-state index contributed by atoms with van der Waals surface area (Å²) in [5.74, 6) is 4.21. The fourth-order valence-corrected chi connectivity index (χ4v) is 3.39. The molecule has 0 amide bonds. The van der Waals surface area contributed by atoms with Crippen LogP contribution in [0.4, 0.5) is 0 Å². The smallest absolute Gasteiger partial charge is 0.161 e. The quantitative estimate of drug-likeness (QED) is 0.220. The third-order valence-corrected chi connectivity index (χ3v) is 4.81. The standard InChI is InChI=1S/C9H10.C8H8O2.C7H6N2.3C4H10.3CH4/c1-2-5-9-7-3-6-8(9)4-1;1-2-4-8-7(3-1)9-5-6-10-8;1-2-4-7-6(3-1)5-8-9-7;3*1-4(2)3;;;/h1-2,4-5H,3,6-7H2;1-4H,5-6H2;1-5H,(H,8,9);3*4H,1-3H3;3*1H4. The highest BCUT2D eigenvalue weighted by Crippen LogP contribution is 2.28. The lowest BCUT2D eigenvalue weighted by Crippen LogP contribution is -2.14. The summed E-state index contributed by atoms with van der Waals surface area (Å²) in [5.41, 5.74) is 4.23. The average Bonchev–Trinajstić information content (AvgIpc) is 3.58. The molecule has 0 radical (unpaired) electrons. The van der Waals surface area contributed by atoms with E-state index < -0.39 is 0 Å². The summed E-state index contributed by atoms with van der Waals surface area (Å²) in [6.07, 6.45) is 5.78. The molecule has 0 saturated carbocycles. The molecule has 4 nitrogen and oxygen atoms in total. The van der Waals surface area contributed by atoms with Crippen LogP contribution in [-0.4, -0.2) is 23.4 Å². The molecule has 0 unspecified atom stereocenters. The van der Waals surface area contributed by atoms with E-state index in [-0.39, 0.29) is 22.3 Å². The molecule has 6 rings (SSSR count). The summed E-state index contributed by atoms with van der Waals surface area (Å²) in [5, 5.41) is 7.91. The first-order chi connectivity index (χ1) is 19.1. The van der Waals surface area contributed by atoms with E-state index in [0.29, 0.717) is 13.2 Å². The fourth-order valence-electron chi connectivity index (χ4n) is 3.39. The molecular formula is C39H66N2O2. The number of H-pyrrole nitrogens is 1. The Hall–Kier alpha value is -3.27. The number of hydrogen-bond acceptors (Lipinski definition) is 3. The SMILES string of the molecule is C.C.C.CC(C)C.CC(C)C.CC(C)C.c1ccc2[nH]ncc2c1.c1ccc2c(c1)CCC2.c1ccc2c(c1)OCCO2. The van der Waals surface area contributed by atoms with Gasteiger partial charge >= 0.3 is 0 Å².